The highest BCUT2D eigenvalue weighted by Crippen LogP contribution is 2.22. The Morgan fingerprint density at radius 1 is 1.62 bits per heavy atom. The first-order valence-electron chi connectivity index (χ1n) is 3.73. The Kier molecular flexibility index (Phi) is 2.69. The predicted molar refractivity (Wildman–Crippen MR) is 47.8 cm³/mol. The number of carbonyl (C=O) groups is 1. The Morgan fingerprint density at radius 2 is 2.31 bits per heavy atom. The summed E-state index contributed by atoms with van der Waals surface area (Å²) < 4.78 is 0. The molecular weight excluding hydrogens is 168 g/mol. The van der Waals surface area contributed by atoms with Gasteiger partial charge in [0.2, 0.25) is 0 Å². The minimum absolute atomic E-state index is 0.126. The normalized spacial score (nSPS) is 9.54. The van der Waals surface area contributed by atoms with E-state index in [1.54, 1.807) is 12.1 Å². The molecule has 1 aromatic carbocycles. The average molecular weight is 177 g/mol. The number of aromatic carboxylic acids is 1. The molecule has 1 radical (unpaired) electrons. The summed E-state index contributed by atoms with van der Waals surface area (Å²) >= 11 is 0. The van der Waals surface area contributed by atoms with Crippen LogP contribution in [-0.2, 0) is 6.42 Å². The van der Waals surface area contributed by atoms with E-state index in [2.05, 4.69) is 12.6 Å². The Balaban J connectivity index is 3.17. The van der Waals surface area contributed by atoms with Gasteiger partial charge >= 0.3 is 5.97 Å². The van der Waals surface area contributed by atoms with Crippen LogP contribution in [0.25, 0.3) is 0 Å². The molecule has 0 atom stereocenters. The molecule has 0 bridgehead atoms. The zero-order valence-corrected chi connectivity index (χ0v) is 6.95. The number of allylic oxidation sites excluding steroid dienone is 1. The molecule has 2 N–H and O–H groups in total. The summed E-state index contributed by atoms with van der Waals surface area (Å²) in [5.41, 5.74) is 0.397. The van der Waals surface area contributed by atoms with E-state index in [-0.39, 0.29) is 11.3 Å². The van der Waals surface area contributed by atoms with Crippen LogP contribution in [0.2, 0.25) is 0 Å². The molecule has 0 saturated heterocycles. The van der Waals surface area contributed by atoms with Crippen LogP contribution in [0, 0.1) is 6.07 Å². The SMILES string of the molecule is C=CCc1c[c]cc(C(=O)O)c1O. The molecule has 0 aliphatic carbocycles. The van der Waals surface area contributed by atoms with E-state index in [0.717, 1.165) is 0 Å². The van der Waals surface area contributed by atoms with Crippen molar-refractivity contribution in [2.24, 2.45) is 0 Å². The van der Waals surface area contributed by atoms with Crippen molar-refractivity contribution < 1.29 is 15.0 Å². The van der Waals surface area contributed by atoms with Gasteiger partial charge in [0.05, 0.1) is 0 Å². The fraction of sp³-hybridized carbons (Fsp3) is 0.100. The number of benzene rings is 1. The van der Waals surface area contributed by atoms with E-state index in [0.29, 0.717) is 12.0 Å². The lowest BCUT2D eigenvalue weighted by atomic mass is 10.1. The van der Waals surface area contributed by atoms with Crippen LogP contribution in [-0.4, -0.2) is 16.2 Å². The van der Waals surface area contributed by atoms with E-state index in [9.17, 15) is 9.90 Å². The van der Waals surface area contributed by atoms with Crippen LogP contribution in [0.15, 0.2) is 24.8 Å². The van der Waals surface area contributed by atoms with Gasteiger partial charge in [-0.3, -0.25) is 0 Å². The van der Waals surface area contributed by atoms with E-state index in [4.69, 9.17) is 5.11 Å². The number of carboxylic acids is 1. The Morgan fingerprint density at radius 3 is 2.85 bits per heavy atom. The number of hydrogen-bond acceptors (Lipinski definition) is 2. The fourth-order valence-electron chi connectivity index (χ4n) is 1.01. The minimum atomic E-state index is -1.15. The number of carboxylic acid groups (broad SMARTS) is 1. The first-order valence-corrected chi connectivity index (χ1v) is 3.73. The van der Waals surface area contributed by atoms with Crippen molar-refractivity contribution in [1.82, 2.24) is 0 Å². The summed E-state index contributed by atoms with van der Waals surface area (Å²) in [5, 5.41) is 18.1. The molecule has 0 amide bonds. The van der Waals surface area contributed by atoms with Gasteiger partial charge in [0.15, 0.2) is 0 Å². The molecule has 0 saturated carbocycles. The largest absolute Gasteiger partial charge is 0.507 e. The third-order valence-corrected chi connectivity index (χ3v) is 1.64. The molecule has 3 nitrogen and oxygen atoms in total. The third kappa shape index (κ3) is 1.87. The van der Waals surface area contributed by atoms with E-state index < -0.39 is 5.97 Å². The van der Waals surface area contributed by atoms with Gasteiger partial charge in [0, 0.05) is 0 Å². The number of aromatic hydroxyl groups is 1. The van der Waals surface area contributed by atoms with Gasteiger partial charge < -0.3 is 10.2 Å². The lowest BCUT2D eigenvalue weighted by Gasteiger charge is -2.03. The van der Waals surface area contributed by atoms with Crippen molar-refractivity contribution in [2.45, 2.75) is 6.42 Å². The third-order valence-electron chi connectivity index (χ3n) is 1.64. The minimum Gasteiger partial charge on any atom is -0.507 e. The van der Waals surface area contributed by atoms with Crippen molar-refractivity contribution in [3.05, 3.63) is 42.0 Å². The van der Waals surface area contributed by atoms with Crippen molar-refractivity contribution in [3.8, 4) is 5.75 Å². The maximum Gasteiger partial charge on any atom is 0.339 e. The molecule has 0 aromatic heterocycles. The smallest absolute Gasteiger partial charge is 0.339 e. The zero-order chi connectivity index (χ0) is 9.84. The zero-order valence-electron chi connectivity index (χ0n) is 6.95. The Bertz CT molecular complexity index is 342. The Hall–Kier alpha value is -1.77. The van der Waals surface area contributed by atoms with Crippen LogP contribution in [0.3, 0.4) is 0 Å². The molecule has 3 heteroatoms. The molecule has 13 heavy (non-hydrogen) atoms. The topological polar surface area (TPSA) is 57.5 Å². The monoisotopic (exact) mass is 177 g/mol. The first kappa shape index (κ1) is 9.32. The summed E-state index contributed by atoms with van der Waals surface area (Å²) in [4.78, 5) is 10.6. The van der Waals surface area contributed by atoms with Crippen molar-refractivity contribution >= 4 is 5.97 Å². The van der Waals surface area contributed by atoms with Gasteiger partial charge in [0.1, 0.15) is 11.3 Å². The highest BCUT2D eigenvalue weighted by atomic mass is 16.4. The quantitative estimate of drug-likeness (QED) is 0.690. The second kappa shape index (κ2) is 3.76. The molecule has 0 aliphatic rings. The van der Waals surface area contributed by atoms with Crippen LogP contribution in [0.5, 0.6) is 5.75 Å². The van der Waals surface area contributed by atoms with Crippen LogP contribution in [0.1, 0.15) is 15.9 Å². The van der Waals surface area contributed by atoms with Crippen LogP contribution in [0.4, 0.5) is 0 Å². The average Bonchev–Trinajstić information content (AvgIpc) is 2.08. The highest BCUT2D eigenvalue weighted by Gasteiger charge is 2.11. The molecule has 67 valence electrons. The molecule has 0 fully saturated rings. The van der Waals surface area contributed by atoms with E-state index >= 15 is 0 Å². The maximum absolute atomic E-state index is 10.6. The van der Waals surface area contributed by atoms with E-state index in [1.807, 2.05) is 0 Å². The second-order valence-corrected chi connectivity index (χ2v) is 2.54. The van der Waals surface area contributed by atoms with Gasteiger partial charge in [-0.05, 0) is 30.2 Å². The van der Waals surface area contributed by atoms with Crippen molar-refractivity contribution in [3.63, 3.8) is 0 Å². The van der Waals surface area contributed by atoms with Gasteiger partial charge in [-0.2, -0.15) is 0 Å². The van der Waals surface area contributed by atoms with Gasteiger partial charge in [0.25, 0.3) is 0 Å². The summed E-state index contributed by atoms with van der Waals surface area (Å²) in [6.07, 6.45) is 2.03. The molecule has 0 unspecified atom stereocenters. The number of rotatable bonds is 3. The van der Waals surface area contributed by atoms with E-state index in [1.165, 1.54) is 6.07 Å². The lowest BCUT2D eigenvalue weighted by Crippen LogP contribution is -1.98. The first-order chi connectivity index (χ1) is 6.16. The molecule has 0 heterocycles. The van der Waals surface area contributed by atoms with Gasteiger partial charge in [-0.1, -0.05) is 6.08 Å². The molecule has 1 rings (SSSR count). The summed E-state index contributed by atoms with van der Waals surface area (Å²) in [6.45, 7) is 3.50. The molecule has 0 spiro atoms. The fourth-order valence-corrected chi connectivity index (χ4v) is 1.01. The lowest BCUT2D eigenvalue weighted by molar-refractivity contribution is 0.0693. The Labute approximate surface area is 76.0 Å². The highest BCUT2D eigenvalue weighted by molar-refractivity contribution is 5.91. The standard InChI is InChI=1S/C10H9O3/c1-2-4-7-5-3-6-8(9(7)11)10(12)13/h2,5-6,11H,1,4H2,(H,12,13). The molecule has 0 aliphatic heterocycles. The summed E-state index contributed by atoms with van der Waals surface area (Å²) in [6, 6.07) is 5.43. The van der Waals surface area contributed by atoms with Gasteiger partial charge in [-0.25, -0.2) is 4.79 Å². The van der Waals surface area contributed by atoms with Crippen molar-refractivity contribution in [2.75, 3.05) is 0 Å². The van der Waals surface area contributed by atoms with Gasteiger partial charge in [-0.15, -0.1) is 6.58 Å². The van der Waals surface area contributed by atoms with Crippen LogP contribution >= 0.6 is 0 Å². The summed E-state index contributed by atoms with van der Waals surface area (Å²) in [5.74, 6) is -1.36. The maximum atomic E-state index is 10.6. The molecule has 1 aromatic rings. The second-order valence-electron chi connectivity index (χ2n) is 2.54. The number of hydrogen-bond donors (Lipinski definition) is 2. The van der Waals surface area contributed by atoms with Crippen molar-refractivity contribution in [1.29, 1.82) is 0 Å². The predicted octanol–water partition coefficient (Wildman–Crippen LogP) is 1.62. The molecular formula is C10H9O3. The van der Waals surface area contributed by atoms with Crippen LogP contribution < -0.4 is 0 Å². The number of phenols is 1. The summed E-state index contributed by atoms with van der Waals surface area (Å²) in [7, 11) is 0.